The van der Waals surface area contributed by atoms with Crippen LogP contribution in [0.5, 0.6) is 5.75 Å². The minimum absolute atomic E-state index is 0.00818. The Morgan fingerprint density at radius 1 is 1.17 bits per heavy atom. The van der Waals surface area contributed by atoms with Crippen LogP contribution >= 0.6 is 0 Å². The molecule has 0 bridgehead atoms. The molecule has 0 radical (unpaired) electrons. The molecule has 0 spiro atoms. The van der Waals surface area contributed by atoms with E-state index in [-0.39, 0.29) is 41.0 Å². The normalized spacial score (nSPS) is 27.9. The van der Waals surface area contributed by atoms with Gasteiger partial charge in [-0.25, -0.2) is 0 Å². The van der Waals surface area contributed by atoms with Gasteiger partial charge in [0.1, 0.15) is 34.4 Å². The number of ketones is 2. The number of aromatic hydroxyl groups is 1. The highest BCUT2D eigenvalue weighted by Crippen LogP contribution is 2.54. The summed E-state index contributed by atoms with van der Waals surface area (Å²) < 4.78 is 6.02. The van der Waals surface area contributed by atoms with Gasteiger partial charge in [-0.05, 0) is 82.5 Å². The van der Waals surface area contributed by atoms with Crippen molar-refractivity contribution in [3.8, 4) is 17.1 Å². The topological polar surface area (TPSA) is 204 Å². The van der Waals surface area contributed by atoms with Gasteiger partial charge in [0.05, 0.1) is 23.7 Å². The number of furan rings is 1. The summed E-state index contributed by atoms with van der Waals surface area (Å²) in [5, 5.41) is 45.7. The SMILES string of the molecule is CN(C)[C@@H]1C(=O)C(C(N)=O)=C(O)C2(O)C(=O)C3=C(O)c4c(O)c(-c5ccc(CN6CCCC6)o5)cc(N)c4CC3CC12. The predicted octanol–water partition coefficient (Wildman–Crippen LogP) is 1.40. The number of Topliss-reactive ketones (excluding diaryl/α,β-unsaturated/α-hetero) is 2. The number of phenols is 1. The van der Waals surface area contributed by atoms with Gasteiger partial charge in [-0.15, -0.1) is 0 Å². The molecule has 3 aliphatic carbocycles. The van der Waals surface area contributed by atoms with Crippen molar-refractivity contribution >= 4 is 28.9 Å². The Hall–Kier alpha value is -4.13. The first-order valence-electron chi connectivity index (χ1n) is 14.0. The van der Waals surface area contributed by atoms with E-state index in [4.69, 9.17) is 15.9 Å². The number of aliphatic hydroxyl groups excluding tert-OH is 2. The number of anilines is 1. The monoisotopic (exact) mass is 578 g/mol. The number of hydrogen-bond acceptors (Lipinski definition) is 11. The first-order valence-corrected chi connectivity index (χ1v) is 14.0. The number of carbonyl (C=O) groups is 3. The molecule has 1 saturated carbocycles. The van der Waals surface area contributed by atoms with E-state index in [1.54, 1.807) is 26.2 Å². The molecule has 42 heavy (non-hydrogen) atoms. The number of hydrogen-bond donors (Lipinski definition) is 6. The second-order valence-corrected chi connectivity index (χ2v) is 11.9. The van der Waals surface area contributed by atoms with Crippen molar-refractivity contribution < 1.29 is 39.2 Å². The maximum Gasteiger partial charge on any atom is 0.255 e. The number of nitrogens with two attached hydrogens (primary N) is 2. The summed E-state index contributed by atoms with van der Waals surface area (Å²) >= 11 is 0. The molecule has 3 unspecified atom stereocenters. The third kappa shape index (κ3) is 3.89. The number of nitrogens with zero attached hydrogens (tertiary/aromatic N) is 2. The average Bonchev–Trinajstić information content (AvgIpc) is 3.60. The lowest BCUT2D eigenvalue weighted by atomic mass is 9.57. The number of likely N-dealkylation sites (tertiary alicyclic amines) is 1. The molecule has 4 aliphatic rings. The Labute approximate surface area is 241 Å². The Bertz CT molecular complexity index is 1600. The van der Waals surface area contributed by atoms with Crippen molar-refractivity contribution in [2.75, 3.05) is 32.9 Å². The van der Waals surface area contributed by atoms with Crippen LogP contribution in [0.1, 0.15) is 36.1 Å². The van der Waals surface area contributed by atoms with Crippen molar-refractivity contribution in [1.82, 2.24) is 9.80 Å². The van der Waals surface area contributed by atoms with E-state index >= 15 is 0 Å². The molecule has 12 nitrogen and oxygen atoms in total. The number of primary amides is 1. The molecular formula is C30H34N4O8. The highest BCUT2D eigenvalue weighted by atomic mass is 16.4. The van der Waals surface area contributed by atoms with Crippen LogP contribution in [0.2, 0.25) is 0 Å². The van der Waals surface area contributed by atoms with Gasteiger partial charge in [-0.1, -0.05) is 0 Å². The summed E-state index contributed by atoms with van der Waals surface area (Å²) in [4.78, 5) is 43.1. The van der Waals surface area contributed by atoms with Crippen LogP contribution in [-0.2, 0) is 27.3 Å². The molecule has 8 N–H and O–H groups in total. The van der Waals surface area contributed by atoms with Crippen LogP contribution in [0.25, 0.3) is 17.1 Å². The number of fused-ring (bicyclic) bond motifs is 3. The number of rotatable bonds is 5. The van der Waals surface area contributed by atoms with Gasteiger partial charge in [0, 0.05) is 17.2 Å². The Morgan fingerprint density at radius 2 is 1.86 bits per heavy atom. The van der Waals surface area contributed by atoms with Crippen molar-refractivity contribution in [1.29, 1.82) is 0 Å². The summed E-state index contributed by atoms with van der Waals surface area (Å²) in [6, 6.07) is 3.93. The largest absolute Gasteiger partial charge is 0.508 e. The molecule has 4 atom stereocenters. The molecule has 222 valence electrons. The van der Waals surface area contributed by atoms with Crippen molar-refractivity contribution in [2.24, 2.45) is 17.6 Å². The number of phenolic OH excluding ortho intramolecular Hbond substituents is 1. The Kier molecular flexibility index (Phi) is 6.48. The van der Waals surface area contributed by atoms with E-state index in [0.717, 1.165) is 25.9 Å². The lowest BCUT2D eigenvalue weighted by Crippen LogP contribution is -2.65. The third-order valence-electron chi connectivity index (χ3n) is 9.26. The zero-order chi connectivity index (χ0) is 30.2. The van der Waals surface area contributed by atoms with Crippen molar-refractivity contribution in [3.63, 3.8) is 0 Å². The highest BCUT2D eigenvalue weighted by molar-refractivity contribution is 6.24. The molecule has 2 fully saturated rings. The minimum Gasteiger partial charge on any atom is -0.508 e. The van der Waals surface area contributed by atoms with Gasteiger partial charge in [0.2, 0.25) is 5.78 Å². The number of carbonyl (C=O) groups excluding carboxylic acids is 3. The highest BCUT2D eigenvalue weighted by Gasteiger charge is 2.64. The van der Waals surface area contributed by atoms with Crippen LogP contribution in [-0.4, -0.2) is 86.5 Å². The fourth-order valence-corrected chi connectivity index (χ4v) is 7.30. The molecule has 2 heterocycles. The van der Waals surface area contributed by atoms with E-state index in [1.807, 2.05) is 6.07 Å². The fourth-order valence-electron chi connectivity index (χ4n) is 7.30. The Morgan fingerprint density at radius 3 is 2.50 bits per heavy atom. The first-order chi connectivity index (χ1) is 19.9. The number of aliphatic hydroxyl groups is 3. The number of amides is 1. The van der Waals surface area contributed by atoms with Crippen LogP contribution in [0.4, 0.5) is 5.69 Å². The molecule has 1 amide bonds. The zero-order valence-electron chi connectivity index (χ0n) is 23.4. The van der Waals surface area contributed by atoms with Gasteiger partial charge in [0.25, 0.3) is 5.91 Å². The molecule has 6 rings (SSSR count). The maximum atomic E-state index is 14.0. The molecule has 1 aliphatic heterocycles. The van der Waals surface area contributed by atoms with E-state index < -0.39 is 58.0 Å². The number of likely N-dealkylation sites (N-methyl/N-ethyl adjacent to an activating group) is 1. The molecule has 1 aromatic heterocycles. The summed E-state index contributed by atoms with van der Waals surface area (Å²) in [5.74, 6) is -6.05. The van der Waals surface area contributed by atoms with Gasteiger partial charge in [-0.3, -0.25) is 24.2 Å². The molecule has 1 aromatic carbocycles. The minimum atomic E-state index is -2.70. The van der Waals surface area contributed by atoms with Crippen LogP contribution < -0.4 is 11.5 Å². The fraction of sp³-hybridized carbons (Fsp3) is 0.433. The summed E-state index contributed by atoms with van der Waals surface area (Å²) in [6.07, 6.45) is 2.36. The zero-order valence-corrected chi connectivity index (χ0v) is 23.4. The van der Waals surface area contributed by atoms with E-state index in [2.05, 4.69) is 4.90 Å². The molecule has 12 heteroatoms. The van der Waals surface area contributed by atoms with Gasteiger partial charge in [-0.2, -0.15) is 0 Å². The number of benzene rings is 1. The lowest BCUT2D eigenvalue weighted by Gasteiger charge is -2.50. The summed E-state index contributed by atoms with van der Waals surface area (Å²) in [6.45, 7) is 2.57. The first kappa shape index (κ1) is 28.0. The van der Waals surface area contributed by atoms with E-state index in [0.29, 0.717) is 23.6 Å². The quantitative estimate of drug-likeness (QED) is 0.170. The van der Waals surface area contributed by atoms with E-state index in [1.165, 1.54) is 4.90 Å². The second kappa shape index (κ2) is 9.72. The molecule has 1 saturated heterocycles. The second-order valence-electron chi connectivity index (χ2n) is 11.9. The van der Waals surface area contributed by atoms with Crippen LogP contribution in [0, 0.1) is 11.8 Å². The standard InChI is InChI=1S/C30H34N4O8/c1-33(2)23-17-10-13-9-15-18(31)11-16(19-6-5-14(42-19)12-34-7-3-4-8-34)24(35)21(15)25(36)20(13)27(38)30(17,41)28(39)22(26(23)37)29(32)40/h5-6,11,13,17,23,35-36,39,41H,3-4,7-10,12,31H2,1-2H3,(H2,32,40)/t13?,17?,23-,30?/m0/s1. The summed E-state index contributed by atoms with van der Waals surface area (Å²) in [5.41, 5.74) is 8.85. The Balaban J connectivity index is 1.46. The lowest BCUT2D eigenvalue weighted by molar-refractivity contribution is -0.153. The smallest absolute Gasteiger partial charge is 0.255 e. The predicted molar refractivity (Wildman–Crippen MR) is 151 cm³/mol. The van der Waals surface area contributed by atoms with Crippen LogP contribution in [0.15, 0.2) is 39.5 Å². The summed E-state index contributed by atoms with van der Waals surface area (Å²) in [7, 11) is 3.10. The molecule has 2 aromatic rings. The van der Waals surface area contributed by atoms with Crippen molar-refractivity contribution in [2.45, 2.75) is 43.9 Å². The van der Waals surface area contributed by atoms with Gasteiger partial charge in [0.15, 0.2) is 11.4 Å². The van der Waals surface area contributed by atoms with Crippen LogP contribution in [0.3, 0.4) is 0 Å². The van der Waals surface area contributed by atoms with E-state index in [9.17, 15) is 34.8 Å². The van der Waals surface area contributed by atoms with Crippen molar-refractivity contribution in [3.05, 3.63) is 52.0 Å². The average molecular weight is 579 g/mol. The number of nitrogen functional groups attached to an aromatic ring is 1. The maximum absolute atomic E-state index is 14.0. The molecular weight excluding hydrogens is 544 g/mol. The van der Waals surface area contributed by atoms with Gasteiger partial charge < -0.3 is 36.3 Å². The van der Waals surface area contributed by atoms with Gasteiger partial charge >= 0.3 is 0 Å². The third-order valence-corrected chi connectivity index (χ3v) is 9.26.